The van der Waals surface area contributed by atoms with Gasteiger partial charge in [0.25, 0.3) is 0 Å². The fourth-order valence-electron chi connectivity index (χ4n) is 3.14. The molecule has 2 aromatic rings. The van der Waals surface area contributed by atoms with Gasteiger partial charge in [-0.05, 0) is 37.0 Å². The average Bonchev–Trinajstić information content (AvgIpc) is 2.83. The molecule has 1 aromatic carbocycles. The Morgan fingerprint density at radius 2 is 1.83 bits per heavy atom. The van der Waals surface area contributed by atoms with E-state index >= 15 is 0 Å². The molecule has 4 nitrogen and oxygen atoms in total. The third-order valence-corrected chi connectivity index (χ3v) is 4.56. The van der Waals surface area contributed by atoms with Crippen LogP contribution in [0.4, 0.5) is 11.8 Å². The lowest BCUT2D eigenvalue weighted by Crippen LogP contribution is -2.19. The second-order valence-corrected chi connectivity index (χ2v) is 6.38. The lowest BCUT2D eigenvalue weighted by atomic mass is 10.1. The van der Waals surface area contributed by atoms with Crippen LogP contribution in [0, 0.1) is 6.92 Å². The van der Waals surface area contributed by atoms with Crippen molar-refractivity contribution in [1.82, 2.24) is 9.97 Å². The van der Waals surface area contributed by atoms with Crippen molar-refractivity contribution < 1.29 is 0 Å². The Morgan fingerprint density at radius 1 is 1.04 bits per heavy atom. The van der Waals surface area contributed by atoms with Crippen LogP contribution < -0.4 is 10.6 Å². The van der Waals surface area contributed by atoms with Gasteiger partial charge in [0, 0.05) is 18.8 Å². The van der Waals surface area contributed by atoms with E-state index in [9.17, 15) is 0 Å². The zero-order valence-corrected chi connectivity index (χ0v) is 13.9. The topological polar surface area (TPSA) is 49.8 Å². The Morgan fingerprint density at radius 3 is 2.61 bits per heavy atom. The molecule has 23 heavy (non-hydrogen) atoms. The molecule has 1 aliphatic carbocycles. The monoisotopic (exact) mass is 310 g/mol. The first kappa shape index (κ1) is 15.8. The fraction of sp³-hybridized carbons (Fsp3) is 0.474. The Hall–Kier alpha value is -2.10. The van der Waals surface area contributed by atoms with E-state index in [0.717, 1.165) is 12.4 Å². The third-order valence-electron chi connectivity index (χ3n) is 4.56. The van der Waals surface area contributed by atoms with Crippen LogP contribution >= 0.6 is 0 Å². The average molecular weight is 310 g/mol. The summed E-state index contributed by atoms with van der Waals surface area (Å²) in [6.07, 6.45) is 9.69. The Labute approximate surface area is 138 Å². The van der Waals surface area contributed by atoms with Crippen molar-refractivity contribution in [3.63, 3.8) is 0 Å². The van der Waals surface area contributed by atoms with Gasteiger partial charge in [-0.15, -0.1) is 0 Å². The number of anilines is 2. The summed E-state index contributed by atoms with van der Waals surface area (Å²) in [6, 6.07) is 10.9. The van der Waals surface area contributed by atoms with E-state index in [0.29, 0.717) is 12.0 Å². The maximum Gasteiger partial charge on any atom is 0.224 e. The van der Waals surface area contributed by atoms with E-state index in [2.05, 4.69) is 51.8 Å². The van der Waals surface area contributed by atoms with Crippen molar-refractivity contribution in [1.29, 1.82) is 0 Å². The highest BCUT2D eigenvalue weighted by Crippen LogP contribution is 2.20. The summed E-state index contributed by atoms with van der Waals surface area (Å²) in [4.78, 5) is 8.94. The molecule has 0 unspecified atom stereocenters. The molecule has 0 bridgehead atoms. The minimum Gasteiger partial charge on any atom is -0.367 e. The number of nitrogens with zero attached hydrogens (tertiary/aromatic N) is 2. The van der Waals surface area contributed by atoms with Crippen molar-refractivity contribution >= 4 is 11.8 Å². The SMILES string of the molecule is Cc1ccccc1CNc1nccc(NC2CCCCCC2)n1. The molecule has 0 saturated heterocycles. The van der Waals surface area contributed by atoms with E-state index in [-0.39, 0.29) is 0 Å². The van der Waals surface area contributed by atoms with Gasteiger partial charge in [0.2, 0.25) is 5.95 Å². The van der Waals surface area contributed by atoms with Crippen LogP contribution in [0.3, 0.4) is 0 Å². The van der Waals surface area contributed by atoms with Crippen molar-refractivity contribution in [2.75, 3.05) is 10.6 Å². The standard InChI is InChI=1S/C19H26N4/c1-15-8-6-7-9-16(15)14-21-19-20-13-12-18(23-19)22-17-10-4-2-3-5-11-17/h6-9,12-13,17H,2-5,10-11,14H2,1H3,(H2,20,21,22,23). The summed E-state index contributed by atoms with van der Waals surface area (Å²) >= 11 is 0. The highest BCUT2D eigenvalue weighted by molar-refractivity contribution is 5.41. The van der Waals surface area contributed by atoms with Crippen LogP contribution in [0.2, 0.25) is 0 Å². The van der Waals surface area contributed by atoms with Crippen LogP contribution in [0.15, 0.2) is 36.5 Å². The van der Waals surface area contributed by atoms with Gasteiger partial charge in [0.15, 0.2) is 0 Å². The second kappa shape index (κ2) is 7.95. The maximum absolute atomic E-state index is 4.61. The molecule has 4 heteroatoms. The lowest BCUT2D eigenvalue weighted by molar-refractivity contribution is 0.617. The van der Waals surface area contributed by atoms with E-state index in [4.69, 9.17) is 0 Å². The van der Waals surface area contributed by atoms with Gasteiger partial charge in [-0.2, -0.15) is 4.98 Å². The molecule has 0 aliphatic heterocycles. The van der Waals surface area contributed by atoms with Gasteiger partial charge in [0.1, 0.15) is 5.82 Å². The minimum atomic E-state index is 0.552. The molecule has 1 aliphatic rings. The van der Waals surface area contributed by atoms with Crippen LogP contribution in [0.25, 0.3) is 0 Å². The number of hydrogen-bond donors (Lipinski definition) is 2. The molecule has 1 heterocycles. The molecule has 0 amide bonds. The minimum absolute atomic E-state index is 0.552. The molecule has 0 spiro atoms. The first-order chi connectivity index (χ1) is 11.3. The van der Waals surface area contributed by atoms with E-state index < -0.39 is 0 Å². The summed E-state index contributed by atoms with van der Waals surface area (Å²) in [7, 11) is 0. The number of aromatic nitrogens is 2. The Bertz CT molecular complexity index is 618. The number of nitrogens with one attached hydrogen (secondary N) is 2. The Balaban J connectivity index is 1.59. The summed E-state index contributed by atoms with van der Waals surface area (Å²) in [5.41, 5.74) is 2.56. The number of benzene rings is 1. The zero-order chi connectivity index (χ0) is 15.9. The van der Waals surface area contributed by atoms with Gasteiger partial charge in [-0.25, -0.2) is 4.98 Å². The maximum atomic E-state index is 4.61. The molecule has 2 N–H and O–H groups in total. The molecule has 0 atom stereocenters. The van der Waals surface area contributed by atoms with Crippen LogP contribution in [-0.2, 0) is 6.54 Å². The predicted octanol–water partition coefficient (Wildman–Crippen LogP) is 4.53. The number of rotatable bonds is 5. The van der Waals surface area contributed by atoms with Gasteiger partial charge in [-0.1, -0.05) is 49.9 Å². The molecular formula is C19H26N4. The van der Waals surface area contributed by atoms with Gasteiger partial charge >= 0.3 is 0 Å². The van der Waals surface area contributed by atoms with Crippen LogP contribution in [-0.4, -0.2) is 16.0 Å². The molecule has 0 radical (unpaired) electrons. The first-order valence-electron chi connectivity index (χ1n) is 8.69. The predicted molar refractivity (Wildman–Crippen MR) is 95.7 cm³/mol. The van der Waals surface area contributed by atoms with Gasteiger partial charge in [-0.3, -0.25) is 0 Å². The van der Waals surface area contributed by atoms with Gasteiger partial charge < -0.3 is 10.6 Å². The molecule has 1 fully saturated rings. The summed E-state index contributed by atoms with van der Waals surface area (Å²) in [5, 5.41) is 6.91. The van der Waals surface area contributed by atoms with Gasteiger partial charge in [0.05, 0.1) is 0 Å². The first-order valence-corrected chi connectivity index (χ1v) is 8.69. The smallest absolute Gasteiger partial charge is 0.224 e. The van der Waals surface area contributed by atoms with Crippen LogP contribution in [0.1, 0.15) is 49.7 Å². The normalized spacial score (nSPS) is 15.9. The molecular weight excluding hydrogens is 284 g/mol. The zero-order valence-electron chi connectivity index (χ0n) is 13.9. The quantitative estimate of drug-likeness (QED) is 0.797. The van der Waals surface area contributed by atoms with Crippen molar-refractivity contribution in [2.45, 2.75) is 58.0 Å². The third kappa shape index (κ3) is 4.68. The molecule has 3 rings (SSSR count). The van der Waals surface area contributed by atoms with Crippen molar-refractivity contribution in [3.05, 3.63) is 47.7 Å². The number of aryl methyl sites for hydroxylation is 1. The fourth-order valence-corrected chi connectivity index (χ4v) is 3.14. The molecule has 122 valence electrons. The lowest BCUT2D eigenvalue weighted by Gasteiger charge is -2.17. The summed E-state index contributed by atoms with van der Waals surface area (Å²) < 4.78 is 0. The Kier molecular flexibility index (Phi) is 5.46. The largest absolute Gasteiger partial charge is 0.367 e. The van der Waals surface area contributed by atoms with E-state index in [1.807, 2.05) is 12.3 Å². The van der Waals surface area contributed by atoms with E-state index in [1.54, 1.807) is 0 Å². The van der Waals surface area contributed by atoms with Crippen molar-refractivity contribution in [2.24, 2.45) is 0 Å². The second-order valence-electron chi connectivity index (χ2n) is 6.38. The number of hydrogen-bond acceptors (Lipinski definition) is 4. The highest BCUT2D eigenvalue weighted by atomic mass is 15.1. The van der Waals surface area contributed by atoms with E-state index in [1.165, 1.54) is 49.7 Å². The highest BCUT2D eigenvalue weighted by Gasteiger charge is 2.12. The van der Waals surface area contributed by atoms with Crippen LogP contribution in [0.5, 0.6) is 0 Å². The van der Waals surface area contributed by atoms with Crippen molar-refractivity contribution in [3.8, 4) is 0 Å². The summed E-state index contributed by atoms with van der Waals surface area (Å²) in [6.45, 7) is 2.88. The summed E-state index contributed by atoms with van der Waals surface area (Å²) in [5.74, 6) is 1.62. The molecule has 1 aromatic heterocycles. The molecule has 1 saturated carbocycles.